The van der Waals surface area contributed by atoms with Crippen LogP contribution in [0.4, 0.5) is 0 Å². The number of aryl methyl sites for hydroxylation is 1. The second kappa shape index (κ2) is 4.26. The summed E-state index contributed by atoms with van der Waals surface area (Å²) in [4.78, 5) is 11.1. The van der Waals surface area contributed by atoms with Crippen LogP contribution in [0.25, 0.3) is 0 Å². The van der Waals surface area contributed by atoms with Crippen molar-refractivity contribution in [2.24, 2.45) is 5.41 Å². The van der Waals surface area contributed by atoms with Gasteiger partial charge in [-0.2, -0.15) is 0 Å². The van der Waals surface area contributed by atoms with Crippen molar-refractivity contribution in [2.45, 2.75) is 33.8 Å². The summed E-state index contributed by atoms with van der Waals surface area (Å²) >= 11 is 0. The zero-order chi connectivity index (χ0) is 12.5. The van der Waals surface area contributed by atoms with Crippen LogP contribution in [0.1, 0.15) is 36.6 Å². The summed E-state index contributed by atoms with van der Waals surface area (Å²) in [7, 11) is 0. The van der Waals surface area contributed by atoms with Crippen molar-refractivity contribution in [1.82, 2.24) is 0 Å². The van der Waals surface area contributed by atoms with Crippen LogP contribution in [0.2, 0.25) is 0 Å². The van der Waals surface area contributed by atoms with E-state index in [0.717, 1.165) is 11.1 Å². The van der Waals surface area contributed by atoms with Crippen LogP contribution in [0.5, 0.6) is 0 Å². The number of aliphatic carboxylic acids is 1. The van der Waals surface area contributed by atoms with Gasteiger partial charge in [-0.3, -0.25) is 4.79 Å². The van der Waals surface area contributed by atoms with Crippen molar-refractivity contribution in [3.8, 4) is 0 Å². The normalized spacial score (nSPS) is 13.6. The van der Waals surface area contributed by atoms with Gasteiger partial charge >= 0.3 is 5.97 Å². The van der Waals surface area contributed by atoms with Crippen LogP contribution < -0.4 is 0 Å². The molecule has 0 saturated heterocycles. The Labute approximate surface area is 95.7 Å². The van der Waals surface area contributed by atoms with Gasteiger partial charge in [-0.05, 0) is 44.4 Å². The highest BCUT2D eigenvalue weighted by molar-refractivity contribution is 5.74. The van der Waals surface area contributed by atoms with Gasteiger partial charge in [0.2, 0.25) is 0 Å². The van der Waals surface area contributed by atoms with Gasteiger partial charge < -0.3 is 10.2 Å². The minimum absolute atomic E-state index is 0.687. The molecule has 0 spiro atoms. The van der Waals surface area contributed by atoms with Gasteiger partial charge in [0.05, 0.1) is 11.5 Å². The van der Waals surface area contributed by atoms with Crippen molar-refractivity contribution in [1.29, 1.82) is 0 Å². The number of hydrogen-bond donors (Lipinski definition) is 2. The summed E-state index contributed by atoms with van der Waals surface area (Å²) in [6.45, 7) is 6.90. The smallest absolute Gasteiger partial charge is 0.312 e. The molecule has 2 N–H and O–H groups in total. The molecule has 0 heterocycles. The molecule has 0 amide bonds. The Balaban J connectivity index is 3.20. The summed E-state index contributed by atoms with van der Waals surface area (Å²) in [6.07, 6.45) is -0.995. The number of hydrogen-bond acceptors (Lipinski definition) is 2. The minimum Gasteiger partial charge on any atom is -0.481 e. The molecule has 3 heteroatoms. The van der Waals surface area contributed by atoms with E-state index in [2.05, 4.69) is 0 Å². The maximum Gasteiger partial charge on any atom is 0.312 e. The lowest BCUT2D eigenvalue weighted by molar-refractivity contribution is -0.153. The molecule has 0 aliphatic rings. The van der Waals surface area contributed by atoms with E-state index in [4.69, 9.17) is 5.11 Å². The van der Waals surface area contributed by atoms with Crippen LogP contribution in [-0.2, 0) is 4.79 Å². The largest absolute Gasteiger partial charge is 0.481 e. The summed E-state index contributed by atoms with van der Waals surface area (Å²) in [5.74, 6) is -0.999. The van der Waals surface area contributed by atoms with Crippen molar-refractivity contribution in [3.05, 3.63) is 34.9 Å². The van der Waals surface area contributed by atoms with Gasteiger partial charge in [-0.1, -0.05) is 18.2 Å². The Morgan fingerprint density at radius 2 is 1.88 bits per heavy atom. The first-order chi connectivity index (χ1) is 7.28. The fraction of sp³-hybridized carbons (Fsp3) is 0.462. The van der Waals surface area contributed by atoms with Gasteiger partial charge in [-0.15, -0.1) is 0 Å². The van der Waals surface area contributed by atoms with Crippen molar-refractivity contribution in [2.75, 3.05) is 0 Å². The maximum atomic E-state index is 11.1. The number of aliphatic hydroxyl groups is 1. The maximum absolute atomic E-state index is 11.1. The number of rotatable bonds is 3. The number of benzene rings is 1. The molecular formula is C13H18O3. The summed E-state index contributed by atoms with van der Waals surface area (Å²) in [5, 5.41) is 19.2. The fourth-order valence-corrected chi connectivity index (χ4v) is 1.58. The molecule has 0 saturated carbocycles. The third-order valence-corrected chi connectivity index (χ3v) is 3.18. The molecule has 1 atom stereocenters. The van der Waals surface area contributed by atoms with E-state index in [1.54, 1.807) is 6.07 Å². The van der Waals surface area contributed by atoms with Gasteiger partial charge in [-0.25, -0.2) is 0 Å². The fourth-order valence-electron chi connectivity index (χ4n) is 1.58. The van der Waals surface area contributed by atoms with Crippen molar-refractivity contribution >= 4 is 5.97 Å². The molecule has 0 fully saturated rings. The number of carboxylic acid groups (broad SMARTS) is 1. The SMILES string of the molecule is Cc1cccc(C(O)C(C)(C)C(=O)O)c1C. The van der Waals surface area contributed by atoms with Crippen molar-refractivity contribution in [3.63, 3.8) is 0 Å². The molecule has 1 aromatic rings. The van der Waals surface area contributed by atoms with E-state index in [0.29, 0.717) is 5.56 Å². The summed E-state index contributed by atoms with van der Waals surface area (Å²) in [6, 6.07) is 5.55. The van der Waals surface area contributed by atoms with E-state index >= 15 is 0 Å². The lowest BCUT2D eigenvalue weighted by Gasteiger charge is -2.27. The van der Waals surface area contributed by atoms with E-state index < -0.39 is 17.5 Å². The van der Waals surface area contributed by atoms with Crippen molar-refractivity contribution < 1.29 is 15.0 Å². The third kappa shape index (κ3) is 2.09. The molecule has 1 aromatic carbocycles. The molecule has 1 rings (SSSR count). The van der Waals surface area contributed by atoms with Crippen LogP contribution >= 0.6 is 0 Å². The van der Waals surface area contributed by atoms with Crippen LogP contribution in [0.15, 0.2) is 18.2 Å². The highest BCUT2D eigenvalue weighted by atomic mass is 16.4. The predicted molar refractivity (Wildman–Crippen MR) is 62.3 cm³/mol. The molecule has 0 aliphatic carbocycles. The molecule has 16 heavy (non-hydrogen) atoms. The van der Waals surface area contributed by atoms with Crippen LogP contribution in [0, 0.1) is 19.3 Å². The quantitative estimate of drug-likeness (QED) is 0.825. The number of carbonyl (C=O) groups is 1. The zero-order valence-corrected chi connectivity index (χ0v) is 10.1. The highest BCUT2D eigenvalue weighted by Gasteiger charge is 2.37. The van der Waals surface area contributed by atoms with E-state index in [1.165, 1.54) is 13.8 Å². The molecule has 3 nitrogen and oxygen atoms in total. The third-order valence-electron chi connectivity index (χ3n) is 3.18. The molecule has 88 valence electrons. The first kappa shape index (κ1) is 12.7. The number of carboxylic acids is 1. The Morgan fingerprint density at radius 3 is 2.38 bits per heavy atom. The van der Waals surface area contributed by atoms with Gasteiger partial charge in [0.1, 0.15) is 0 Å². The average Bonchev–Trinajstić information content (AvgIpc) is 2.21. The van der Waals surface area contributed by atoms with Gasteiger partial charge in [0.25, 0.3) is 0 Å². The molecule has 0 bridgehead atoms. The Kier molecular flexibility index (Phi) is 3.38. The molecular weight excluding hydrogens is 204 g/mol. The molecule has 1 unspecified atom stereocenters. The first-order valence-corrected chi connectivity index (χ1v) is 5.26. The molecule has 0 aliphatic heterocycles. The summed E-state index contributed by atoms with van der Waals surface area (Å²) in [5.41, 5.74) is 1.51. The van der Waals surface area contributed by atoms with Crippen LogP contribution in [0.3, 0.4) is 0 Å². The second-order valence-electron chi connectivity index (χ2n) is 4.72. The Bertz CT molecular complexity index is 408. The molecule has 0 aromatic heterocycles. The van der Waals surface area contributed by atoms with E-state index in [9.17, 15) is 9.90 Å². The van der Waals surface area contributed by atoms with Gasteiger partial charge in [0.15, 0.2) is 0 Å². The molecule has 0 radical (unpaired) electrons. The van der Waals surface area contributed by atoms with Gasteiger partial charge in [0, 0.05) is 0 Å². The Morgan fingerprint density at radius 1 is 1.31 bits per heavy atom. The second-order valence-corrected chi connectivity index (χ2v) is 4.72. The summed E-state index contributed by atoms with van der Waals surface area (Å²) < 4.78 is 0. The predicted octanol–water partition coefficient (Wildman–Crippen LogP) is 2.45. The topological polar surface area (TPSA) is 57.5 Å². The lowest BCUT2D eigenvalue weighted by Crippen LogP contribution is -2.31. The van der Waals surface area contributed by atoms with Crippen LogP contribution in [-0.4, -0.2) is 16.2 Å². The average molecular weight is 222 g/mol. The lowest BCUT2D eigenvalue weighted by atomic mass is 9.81. The first-order valence-electron chi connectivity index (χ1n) is 5.26. The van der Waals surface area contributed by atoms with E-state index in [-0.39, 0.29) is 0 Å². The standard InChI is InChI=1S/C13H18O3/c1-8-6-5-7-10(9(8)2)11(14)13(3,4)12(15)16/h5-7,11,14H,1-4H3,(H,15,16). The monoisotopic (exact) mass is 222 g/mol. The minimum atomic E-state index is -1.18. The zero-order valence-electron chi connectivity index (χ0n) is 10.1. The Hall–Kier alpha value is -1.35. The van der Waals surface area contributed by atoms with E-state index in [1.807, 2.05) is 26.0 Å². The number of aliphatic hydroxyl groups excluding tert-OH is 1. The highest BCUT2D eigenvalue weighted by Crippen LogP contribution is 2.35.